The summed E-state index contributed by atoms with van der Waals surface area (Å²) in [6.45, 7) is 0.729. The summed E-state index contributed by atoms with van der Waals surface area (Å²) in [7, 11) is 1.79. The van der Waals surface area contributed by atoms with E-state index in [9.17, 15) is 0 Å². The zero-order chi connectivity index (χ0) is 11.3. The molecule has 0 radical (unpaired) electrons. The van der Waals surface area contributed by atoms with E-state index >= 15 is 0 Å². The van der Waals surface area contributed by atoms with Gasteiger partial charge in [-0.15, -0.1) is 0 Å². The molecule has 5 nitrogen and oxygen atoms in total. The van der Waals surface area contributed by atoms with E-state index in [1.54, 1.807) is 23.3 Å². The molecule has 0 fully saturated rings. The van der Waals surface area contributed by atoms with Crippen molar-refractivity contribution in [3.63, 3.8) is 0 Å². The van der Waals surface area contributed by atoms with E-state index in [0.29, 0.717) is 0 Å². The molecule has 6 heteroatoms. The fraction of sp³-hybridized carbons (Fsp3) is 0.333. The Morgan fingerprint density at radius 3 is 2.87 bits per heavy atom. The third-order valence-electron chi connectivity index (χ3n) is 1.91. The minimum Gasteiger partial charge on any atom is -0.370 e. The van der Waals surface area contributed by atoms with Gasteiger partial charge in [0, 0.05) is 13.6 Å². The number of aliphatic imine (C=N–C) groups is 1. The fourth-order valence-corrected chi connectivity index (χ4v) is 1.75. The first kappa shape index (κ1) is 11.5. The highest BCUT2D eigenvalue weighted by molar-refractivity contribution is 7.07. The SMILES string of the molecule is CN(CCc1ccsc1)C(=N)N=C(N)N. The van der Waals surface area contributed by atoms with E-state index in [2.05, 4.69) is 16.4 Å². The van der Waals surface area contributed by atoms with Crippen LogP contribution in [0.3, 0.4) is 0 Å². The molecule has 0 atom stereocenters. The minimum absolute atomic E-state index is 0.0811. The molecule has 0 spiro atoms. The number of guanidine groups is 2. The Morgan fingerprint density at radius 2 is 2.33 bits per heavy atom. The van der Waals surface area contributed by atoms with E-state index in [-0.39, 0.29) is 11.9 Å². The van der Waals surface area contributed by atoms with Crippen LogP contribution in [0.2, 0.25) is 0 Å². The van der Waals surface area contributed by atoms with Gasteiger partial charge in [0.05, 0.1) is 0 Å². The summed E-state index contributed by atoms with van der Waals surface area (Å²) in [5, 5.41) is 11.7. The van der Waals surface area contributed by atoms with Gasteiger partial charge in [-0.1, -0.05) is 0 Å². The van der Waals surface area contributed by atoms with Gasteiger partial charge in [0.25, 0.3) is 0 Å². The molecule has 0 aliphatic heterocycles. The first-order valence-electron chi connectivity index (χ1n) is 4.50. The van der Waals surface area contributed by atoms with Crippen molar-refractivity contribution in [3.05, 3.63) is 22.4 Å². The normalized spacial score (nSPS) is 9.67. The predicted octanol–water partition coefficient (Wildman–Crippen LogP) is 0.431. The summed E-state index contributed by atoms with van der Waals surface area (Å²) in [4.78, 5) is 5.37. The minimum atomic E-state index is -0.0811. The molecule has 15 heavy (non-hydrogen) atoms. The van der Waals surface area contributed by atoms with Crippen LogP contribution >= 0.6 is 11.3 Å². The second-order valence-electron chi connectivity index (χ2n) is 3.16. The van der Waals surface area contributed by atoms with Gasteiger partial charge in [0.15, 0.2) is 5.96 Å². The average Bonchev–Trinajstić information content (AvgIpc) is 2.65. The van der Waals surface area contributed by atoms with Crippen LogP contribution in [0.4, 0.5) is 0 Å². The van der Waals surface area contributed by atoms with Crippen LogP contribution in [0.15, 0.2) is 21.8 Å². The van der Waals surface area contributed by atoms with Gasteiger partial charge >= 0.3 is 0 Å². The first-order chi connectivity index (χ1) is 7.09. The molecular formula is C9H15N5S. The topological polar surface area (TPSA) is 91.5 Å². The van der Waals surface area contributed by atoms with Crippen molar-refractivity contribution < 1.29 is 0 Å². The maximum atomic E-state index is 7.53. The summed E-state index contributed by atoms with van der Waals surface area (Å²) in [5.74, 6) is 0.00705. The summed E-state index contributed by atoms with van der Waals surface area (Å²) in [6, 6.07) is 2.07. The van der Waals surface area contributed by atoms with E-state index in [1.807, 2.05) is 5.38 Å². The second-order valence-corrected chi connectivity index (χ2v) is 3.94. The largest absolute Gasteiger partial charge is 0.370 e. The Balaban J connectivity index is 2.39. The number of hydrogen-bond acceptors (Lipinski definition) is 2. The molecule has 1 aromatic rings. The molecule has 1 aromatic heterocycles. The van der Waals surface area contributed by atoms with Gasteiger partial charge in [-0.2, -0.15) is 16.3 Å². The van der Waals surface area contributed by atoms with Crippen LogP contribution in [0.1, 0.15) is 5.56 Å². The molecule has 0 bridgehead atoms. The van der Waals surface area contributed by atoms with E-state index < -0.39 is 0 Å². The Hall–Kier alpha value is -1.56. The number of rotatable bonds is 3. The van der Waals surface area contributed by atoms with Crippen molar-refractivity contribution in [2.45, 2.75) is 6.42 Å². The van der Waals surface area contributed by atoms with Crippen LogP contribution < -0.4 is 11.5 Å². The molecule has 0 amide bonds. The number of likely N-dealkylation sites (N-methyl/N-ethyl adjacent to an activating group) is 1. The van der Waals surface area contributed by atoms with Gasteiger partial charge in [-0.25, -0.2) is 0 Å². The third kappa shape index (κ3) is 3.99. The molecule has 82 valence electrons. The zero-order valence-corrected chi connectivity index (χ0v) is 9.42. The van der Waals surface area contributed by atoms with Crippen molar-refractivity contribution in [2.24, 2.45) is 16.5 Å². The van der Waals surface area contributed by atoms with Crippen molar-refractivity contribution in [3.8, 4) is 0 Å². The highest BCUT2D eigenvalue weighted by atomic mass is 32.1. The van der Waals surface area contributed by atoms with Crippen molar-refractivity contribution >= 4 is 23.3 Å². The van der Waals surface area contributed by atoms with E-state index in [4.69, 9.17) is 16.9 Å². The number of nitrogens with zero attached hydrogens (tertiary/aromatic N) is 2. The first-order valence-corrected chi connectivity index (χ1v) is 5.44. The van der Waals surface area contributed by atoms with Crippen molar-refractivity contribution in [2.75, 3.05) is 13.6 Å². The highest BCUT2D eigenvalue weighted by Crippen LogP contribution is 2.06. The Labute approximate surface area is 92.9 Å². The lowest BCUT2D eigenvalue weighted by Crippen LogP contribution is -2.31. The van der Waals surface area contributed by atoms with E-state index in [1.165, 1.54) is 5.56 Å². The van der Waals surface area contributed by atoms with Crippen molar-refractivity contribution in [1.29, 1.82) is 5.41 Å². The van der Waals surface area contributed by atoms with Crippen LogP contribution in [0.5, 0.6) is 0 Å². The third-order valence-corrected chi connectivity index (χ3v) is 2.64. The molecule has 0 aliphatic carbocycles. The Kier molecular flexibility index (Phi) is 4.11. The molecular weight excluding hydrogens is 210 g/mol. The maximum absolute atomic E-state index is 7.53. The van der Waals surface area contributed by atoms with Crippen LogP contribution in [0.25, 0.3) is 0 Å². The molecule has 1 heterocycles. The lowest BCUT2D eigenvalue weighted by molar-refractivity contribution is 0.500. The standard InChI is InChI=1S/C9H15N5S/c1-14(9(12)13-8(10)11)4-2-7-3-5-15-6-7/h3,5-6H,2,4H2,1H3,(H5,10,11,12,13). The quantitative estimate of drug-likeness (QED) is 0.514. The monoisotopic (exact) mass is 225 g/mol. The average molecular weight is 225 g/mol. The van der Waals surface area contributed by atoms with Gasteiger partial charge in [0.1, 0.15) is 0 Å². The number of thiophene rings is 1. The lowest BCUT2D eigenvalue weighted by Gasteiger charge is -2.16. The number of nitrogens with two attached hydrogens (primary N) is 2. The van der Waals surface area contributed by atoms with Crippen LogP contribution in [-0.4, -0.2) is 30.4 Å². The molecule has 0 saturated carbocycles. The summed E-state index contributed by atoms with van der Waals surface area (Å²) >= 11 is 1.67. The van der Waals surface area contributed by atoms with Gasteiger partial charge < -0.3 is 16.4 Å². The predicted molar refractivity (Wildman–Crippen MR) is 64.2 cm³/mol. The number of nitrogens with one attached hydrogen (secondary N) is 1. The van der Waals surface area contributed by atoms with E-state index in [0.717, 1.165) is 13.0 Å². The second kappa shape index (κ2) is 5.35. The van der Waals surface area contributed by atoms with Crippen LogP contribution in [0, 0.1) is 5.41 Å². The number of hydrogen-bond donors (Lipinski definition) is 3. The molecule has 0 aromatic carbocycles. The zero-order valence-electron chi connectivity index (χ0n) is 8.60. The molecule has 0 saturated heterocycles. The van der Waals surface area contributed by atoms with Crippen molar-refractivity contribution in [1.82, 2.24) is 4.90 Å². The molecule has 0 aliphatic rings. The Morgan fingerprint density at radius 1 is 1.60 bits per heavy atom. The summed E-state index contributed by atoms with van der Waals surface area (Å²) in [6.07, 6.45) is 0.891. The Bertz CT molecular complexity index is 339. The van der Waals surface area contributed by atoms with Gasteiger partial charge in [-0.05, 0) is 28.8 Å². The molecule has 5 N–H and O–H groups in total. The summed E-state index contributed by atoms with van der Waals surface area (Å²) in [5.41, 5.74) is 11.6. The molecule has 1 rings (SSSR count). The highest BCUT2D eigenvalue weighted by Gasteiger charge is 2.03. The lowest BCUT2D eigenvalue weighted by atomic mass is 10.2. The van der Waals surface area contributed by atoms with Gasteiger partial charge in [0.2, 0.25) is 5.96 Å². The maximum Gasteiger partial charge on any atom is 0.220 e. The molecule has 0 unspecified atom stereocenters. The summed E-state index contributed by atoms with van der Waals surface area (Å²) < 4.78 is 0. The fourth-order valence-electron chi connectivity index (χ4n) is 1.05. The van der Waals surface area contributed by atoms with Crippen LogP contribution in [-0.2, 0) is 6.42 Å². The van der Waals surface area contributed by atoms with Gasteiger partial charge in [-0.3, -0.25) is 5.41 Å². The smallest absolute Gasteiger partial charge is 0.220 e.